The van der Waals surface area contributed by atoms with E-state index in [0.29, 0.717) is 24.7 Å². The maximum absolute atomic E-state index is 11.9. The molecule has 5 heteroatoms. The number of nitrogens with one attached hydrogen (secondary N) is 1. The zero-order valence-electron chi connectivity index (χ0n) is 21.2. The Kier molecular flexibility index (Phi) is 8.77. The van der Waals surface area contributed by atoms with Gasteiger partial charge in [0.15, 0.2) is 0 Å². The minimum absolute atomic E-state index is 0.176. The maximum Gasteiger partial charge on any atom is 0.320 e. The fourth-order valence-corrected chi connectivity index (χ4v) is 4.82. The van der Waals surface area contributed by atoms with Crippen LogP contribution in [0.5, 0.6) is 5.75 Å². The number of rotatable bonds is 9. The summed E-state index contributed by atoms with van der Waals surface area (Å²) in [5.41, 5.74) is 2.73. The van der Waals surface area contributed by atoms with Crippen molar-refractivity contribution in [1.29, 1.82) is 0 Å². The molecule has 0 heterocycles. The van der Waals surface area contributed by atoms with Crippen LogP contribution in [0.1, 0.15) is 64.5 Å². The van der Waals surface area contributed by atoms with Gasteiger partial charge >= 0.3 is 5.97 Å². The van der Waals surface area contributed by atoms with Crippen LogP contribution < -0.4 is 10.1 Å². The van der Waals surface area contributed by atoms with E-state index in [0.717, 1.165) is 30.1 Å². The summed E-state index contributed by atoms with van der Waals surface area (Å²) in [5.74, 6) is 1.49. The first-order chi connectivity index (χ1) is 15.7. The van der Waals surface area contributed by atoms with Crippen LogP contribution in [-0.4, -0.2) is 38.4 Å². The molecule has 0 spiro atoms. The third kappa shape index (κ3) is 7.44. The third-order valence-corrected chi connectivity index (χ3v) is 6.73. The molecule has 0 bridgehead atoms. The highest BCUT2D eigenvalue weighted by Crippen LogP contribution is 2.39. The molecule has 0 radical (unpaired) electrons. The van der Waals surface area contributed by atoms with E-state index in [1.54, 1.807) is 7.11 Å². The molecule has 2 aromatic rings. The van der Waals surface area contributed by atoms with Crippen LogP contribution in [-0.2, 0) is 20.8 Å². The van der Waals surface area contributed by atoms with Gasteiger partial charge in [0.2, 0.25) is 0 Å². The standard InChI is InChI=1S/C28H41NO4/c1-19-13-25(33-24-11-9-23(10-12-24)28(3,4)5)15-22-8-7-21(14-26(19)22)16-29-17-27(30)32-20(2)18-31-6/h7-8,13-15,20,23-24,29H,9-12,16-18H2,1-6H3/t20?,23-,24-. The maximum atomic E-state index is 11.9. The average Bonchev–Trinajstić information content (AvgIpc) is 2.74. The Labute approximate surface area is 199 Å². The van der Waals surface area contributed by atoms with Gasteiger partial charge in [0.05, 0.1) is 19.3 Å². The Balaban J connectivity index is 1.55. The molecule has 33 heavy (non-hydrogen) atoms. The number of carbonyl (C=O) groups excluding carboxylic acids is 1. The Bertz CT molecular complexity index is 925. The number of ether oxygens (including phenoxy) is 3. The number of hydrogen-bond donors (Lipinski definition) is 1. The predicted octanol–water partition coefficient (Wildman–Crippen LogP) is 5.80. The molecule has 1 N–H and O–H groups in total. The van der Waals surface area contributed by atoms with Crippen molar-refractivity contribution in [3.63, 3.8) is 0 Å². The first-order valence-electron chi connectivity index (χ1n) is 12.2. The molecule has 1 aliphatic rings. The molecule has 0 saturated heterocycles. The topological polar surface area (TPSA) is 56.8 Å². The van der Waals surface area contributed by atoms with E-state index in [4.69, 9.17) is 14.2 Å². The van der Waals surface area contributed by atoms with Gasteiger partial charge in [-0.2, -0.15) is 0 Å². The van der Waals surface area contributed by atoms with E-state index in [1.807, 2.05) is 6.92 Å². The Hall–Kier alpha value is -2.11. The van der Waals surface area contributed by atoms with Crippen molar-refractivity contribution in [3.05, 3.63) is 41.5 Å². The van der Waals surface area contributed by atoms with Crippen LogP contribution in [0.15, 0.2) is 30.3 Å². The van der Waals surface area contributed by atoms with Crippen LogP contribution in [0.3, 0.4) is 0 Å². The highest BCUT2D eigenvalue weighted by molar-refractivity contribution is 5.87. The van der Waals surface area contributed by atoms with Crippen molar-refractivity contribution in [2.75, 3.05) is 20.3 Å². The quantitative estimate of drug-likeness (QED) is 0.484. The molecule has 1 aliphatic carbocycles. The van der Waals surface area contributed by atoms with Gasteiger partial charge in [-0.15, -0.1) is 0 Å². The van der Waals surface area contributed by atoms with Crippen LogP contribution in [0.2, 0.25) is 0 Å². The van der Waals surface area contributed by atoms with Crippen LogP contribution in [0.4, 0.5) is 0 Å². The fraction of sp³-hybridized carbons (Fsp3) is 0.607. The van der Waals surface area contributed by atoms with E-state index in [9.17, 15) is 4.79 Å². The summed E-state index contributed by atoms with van der Waals surface area (Å²) in [6, 6.07) is 10.7. The number of fused-ring (bicyclic) bond motifs is 1. The predicted molar refractivity (Wildman–Crippen MR) is 134 cm³/mol. The summed E-state index contributed by atoms with van der Waals surface area (Å²) in [4.78, 5) is 11.9. The lowest BCUT2D eigenvalue weighted by molar-refractivity contribution is -0.149. The molecule has 182 valence electrons. The lowest BCUT2D eigenvalue weighted by atomic mass is 9.72. The molecule has 1 atom stereocenters. The summed E-state index contributed by atoms with van der Waals surface area (Å²) in [6.45, 7) is 12.2. The van der Waals surface area contributed by atoms with Crippen molar-refractivity contribution in [1.82, 2.24) is 5.32 Å². The molecule has 5 nitrogen and oxygen atoms in total. The summed E-state index contributed by atoms with van der Waals surface area (Å²) in [7, 11) is 1.59. The molecular weight excluding hydrogens is 414 g/mol. The van der Waals surface area contributed by atoms with Gasteiger partial charge in [0.1, 0.15) is 11.9 Å². The largest absolute Gasteiger partial charge is 0.490 e. The number of benzene rings is 2. The molecule has 0 aliphatic heterocycles. The van der Waals surface area contributed by atoms with E-state index < -0.39 is 0 Å². The van der Waals surface area contributed by atoms with Crippen molar-refractivity contribution < 1.29 is 19.0 Å². The van der Waals surface area contributed by atoms with E-state index in [-0.39, 0.29) is 18.6 Å². The monoisotopic (exact) mass is 455 g/mol. The van der Waals surface area contributed by atoms with Gasteiger partial charge in [-0.25, -0.2) is 0 Å². The van der Waals surface area contributed by atoms with Gasteiger partial charge < -0.3 is 19.5 Å². The van der Waals surface area contributed by atoms with E-state index >= 15 is 0 Å². The van der Waals surface area contributed by atoms with Gasteiger partial charge in [-0.1, -0.05) is 32.9 Å². The lowest BCUT2D eigenvalue weighted by Gasteiger charge is -2.37. The SMILES string of the molecule is COCC(C)OC(=O)CNCc1ccc2cc(O[C@H]3CC[C@H](C(C)(C)C)CC3)cc(C)c2c1. The van der Waals surface area contributed by atoms with Gasteiger partial charge in [0.25, 0.3) is 0 Å². The smallest absolute Gasteiger partial charge is 0.320 e. The molecule has 1 fully saturated rings. The fourth-order valence-electron chi connectivity index (χ4n) is 4.82. The number of carbonyl (C=O) groups is 1. The van der Waals surface area contributed by atoms with Crippen molar-refractivity contribution >= 4 is 16.7 Å². The summed E-state index contributed by atoms with van der Waals surface area (Å²) in [6.07, 6.45) is 4.84. The molecule has 1 unspecified atom stereocenters. The molecule has 0 amide bonds. The number of esters is 1. The van der Waals surface area contributed by atoms with Gasteiger partial charge in [0, 0.05) is 13.7 Å². The number of methoxy groups -OCH3 is 1. The summed E-state index contributed by atoms with van der Waals surface area (Å²) < 4.78 is 16.7. The summed E-state index contributed by atoms with van der Waals surface area (Å²) >= 11 is 0. The average molecular weight is 456 g/mol. The third-order valence-electron chi connectivity index (χ3n) is 6.73. The first kappa shape index (κ1) is 25.5. The molecule has 2 aromatic carbocycles. The highest BCUT2D eigenvalue weighted by Gasteiger charge is 2.30. The molecule has 3 rings (SSSR count). The zero-order valence-corrected chi connectivity index (χ0v) is 21.2. The van der Waals surface area contributed by atoms with E-state index in [1.165, 1.54) is 29.2 Å². The molecular formula is C28H41NO4. The normalized spacial score (nSPS) is 19.9. The minimum Gasteiger partial charge on any atom is -0.490 e. The van der Waals surface area contributed by atoms with Crippen molar-refractivity contribution in [2.45, 2.75) is 79.1 Å². The van der Waals surface area contributed by atoms with Crippen LogP contribution in [0.25, 0.3) is 10.8 Å². The second-order valence-electron chi connectivity index (χ2n) is 10.6. The Morgan fingerprint density at radius 1 is 1.12 bits per heavy atom. The molecule has 1 saturated carbocycles. The number of aryl methyl sites for hydroxylation is 1. The second kappa shape index (κ2) is 11.3. The highest BCUT2D eigenvalue weighted by atomic mass is 16.6. The van der Waals surface area contributed by atoms with Gasteiger partial charge in [-0.05, 0) is 91.0 Å². The minimum atomic E-state index is -0.269. The van der Waals surface area contributed by atoms with Gasteiger partial charge in [-0.3, -0.25) is 4.79 Å². The number of hydrogen-bond acceptors (Lipinski definition) is 5. The second-order valence-corrected chi connectivity index (χ2v) is 10.6. The first-order valence-corrected chi connectivity index (χ1v) is 12.2. The van der Waals surface area contributed by atoms with Crippen molar-refractivity contribution in [2.24, 2.45) is 11.3 Å². The molecule has 0 aromatic heterocycles. The Morgan fingerprint density at radius 3 is 2.52 bits per heavy atom. The van der Waals surface area contributed by atoms with E-state index in [2.05, 4.69) is 63.3 Å². The van der Waals surface area contributed by atoms with Crippen molar-refractivity contribution in [3.8, 4) is 5.75 Å². The van der Waals surface area contributed by atoms with Crippen LogP contribution >= 0.6 is 0 Å². The summed E-state index contributed by atoms with van der Waals surface area (Å²) in [5, 5.41) is 5.57. The Morgan fingerprint density at radius 2 is 1.85 bits per heavy atom. The zero-order chi connectivity index (χ0) is 24.0. The van der Waals surface area contributed by atoms with Crippen LogP contribution in [0, 0.1) is 18.3 Å². The lowest BCUT2D eigenvalue weighted by Crippen LogP contribution is -2.30.